The maximum atomic E-state index is 14.1. The fraction of sp³-hybridized carbons (Fsp3) is 0.208. The molecule has 40 heavy (non-hydrogen) atoms. The van der Waals surface area contributed by atoms with Crippen molar-refractivity contribution >= 4 is 54.2 Å². The van der Waals surface area contributed by atoms with E-state index < -0.39 is 62.6 Å². The van der Waals surface area contributed by atoms with Crippen molar-refractivity contribution in [1.82, 2.24) is 20.5 Å². The number of aryl methyl sites for hydroxylation is 1. The number of nitrogens with one attached hydrogen (secondary N) is 3. The molecular formula is C24H22ClF2N4O8P. The molecule has 2 atom stereocenters. The van der Waals surface area contributed by atoms with E-state index in [9.17, 15) is 32.8 Å². The van der Waals surface area contributed by atoms with Crippen molar-refractivity contribution in [2.45, 2.75) is 19.0 Å². The topological polar surface area (TPSA) is 181 Å². The lowest BCUT2D eigenvalue weighted by molar-refractivity contribution is -0.134. The van der Waals surface area contributed by atoms with E-state index in [2.05, 4.69) is 20.1 Å². The second-order valence-electron chi connectivity index (χ2n) is 8.75. The van der Waals surface area contributed by atoms with Gasteiger partial charge in [0.05, 0.1) is 24.8 Å². The number of rotatable bonds is 9. The largest absolute Gasteiger partial charge is 0.469 e. The first kappa shape index (κ1) is 29.3. The molecule has 1 fully saturated rings. The van der Waals surface area contributed by atoms with E-state index in [1.807, 2.05) is 0 Å². The average Bonchev–Trinajstić information content (AvgIpc) is 3.42. The molecule has 4 amide bonds. The maximum absolute atomic E-state index is 14.1. The molecule has 1 saturated heterocycles. The number of aliphatic hydroxyl groups is 1. The van der Waals surface area contributed by atoms with E-state index in [1.54, 1.807) is 25.3 Å². The predicted molar refractivity (Wildman–Crippen MR) is 138 cm³/mol. The molecule has 4 rings (SSSR count). The molecule has 3 aromatic rings. The molecule has 1 aromatic heterocycles. The van der Waals surface area contributed by atoms with Crippen LogP contribution in [0.25, 0.3) is 17.0 Å². The lowest BCUT2D eigenvalue weighted by atomic mass is 10.0. The van der Waals surface area contributed by atoms with E-state index >= 15 is 0 Å². The van der Waals surface area contributed by atoms with Gasteiger partial charge in [0.1, 0.15) is 11.7 Å². The van der Waals surface area contributed by atoms with Gasteiger partial charge in [-0.1, -0.05) is 23.7 Å². The molecule has 1 aliphatic rings. The van der Waals surface area contributed by atoms with Gasteiger partial charge >= 0.3 is 13.9 Å². The fourth-order valence-electron chi connectivity index (χ4n) is 4.11. The van der Waals surface area contributed by atoms with Crippen LogP contribution in [-0.4, -0.2) is 61.9 Å². The summed E-state index contributed by atoms with van der Waals surface area (Å²) < 4.78 is 43.1. The summed E-state index contributed by atoms with van der Waals surface area (Å²) in [7, 11) is -4.97. The fourth-order valence-corrected chi connectivity index (χ4v) is 4.64. The number of H-pyrrole nitrogens is 1. The quantitative estimate of drug-likeness (QED) is 0.123. The number of nitrogens with zero attached hydrogens (tertiary/aromatic N) is 1. The van der Waals surface area contributed by atoms with Crippen molar-refractivity contribution in [2.24, 2.45) is 0 Å². The summed E-state index contributed by atoms with van der Waals surface area (Å²) in [5, 5.41) is 15.3. The number of carbonyl (C=O) groups excluding carboxylic acids is 3. The Balaban J connectivity index is 1.70. The van der Waals surface area contributed by atoms with Gasteiger partial charge in [-0.05, 0) is 42.3 Å². The number of hydrogen-bond donors (Lipinski definition) is 6. The Bertz CT molecular complexity index is 1590. The van der Waals surface area contributed by atoms with Crippen LogP contribution in [0.3, 0.4) is 0 Å². The van der Waals surface area contributed by atoms with Crippen molar-refractivity contribution in [3.8, 4) is 0 Å². The molecule has 0 saturated carbocycles. The summed E-state index contributed by atoms with van der Waals surface area (Å²) in [4.78, 5) is 61.0. The number of amides is 4. The number of halogens is 3. The van der Waals surface area contributed by atoms with Gasteiger partial charge in [0.15, 0.2) is 11.6 Å². The number of hydrogen-bond acceptors (Lipinski definition) is 6. The molecule has 1 aliphatic heterocycles. The Morgan fingerprint density at radius 1 is 1.23 bits per heavy atom. The number of phosphoric acid groups is 1. The zero-order valence-corrected chi connectivity index (χ0v) is 22.2. The summed E-state index contributed by atoms with van der Waals surface area (Å²) in [5.41, 5.74) is 1.42. The van der Waals surface area contributed by atoms with Gasteiger partial charge in [-0.3, -0.25) is 14.1 Å². The van der Waals surface area contributed by atoms with Crippen LogP contribution in [0.1, 0.15) is 22.7 Å². The van der Waals surface area contributed by atoms with Gasteiger partial charge in [-0.25, -0.2) is 23.0 Å². The highest BCUT2D eigenvalue weighted by atomic mass is 35.5. The summed E-state index contributed by atoms with van der Waals surface area (Å²) in [5.74, 6) is -4.75. The molecule has 12 nitrogen and oxygen atoms in total. The van der Waals surface area contributed by atoms with Crippen LogP contribution in [-0.2, 0) is 18.7 Å². The average molecular weight is 599 g/mol. The second kappa shape index (κ2) is 11.5. The highest BCUT2D eigenvalue weighted by Crippen LogP contribution is 2.36. The van der Waals surface area contributed by atoms with Crippen LogP contribution in [0.5, 0.6) is 0 Å². The molecular weight excluding hydrogens is 577 g/mol. The number of aromatic nitrogens is 1. The summed E-state index contributed by atoms with van der Waals surface area (Å²) in [6, 6.07) is 1.33. The number of urea groups is 1. The first-order valence-electron chi connectivity index (χ1n) is 11.5. The van der Waals surface area contributed by atoms with Crippen molar-refractivity contribution in [3.63, 3.8) is 0 Å². The first-order chi connectivity index (χ1) is 18.8. The number of aromatic amines is 1. The van der Waals surface area contributed by atoms with Crippen LogP contribution >= 0.6 is 19.4 Å². The van der Waals surface area contributed by atoms with Gasteiger partial charge < -0.3 is 30.5 Å². The van der Waals surface area contributed by atoms with E-state index in [1.165, 1.54) is 6.08 Å². The van der Waals surface area contributed by atoms with Crippen molar-refractivity contribution in [1.29, 1.82) is 0 Å². The Morgan fingerprint density at radius 2 is 1.95 bits per heavy atom. The Kier molecular flexibility index (Phi) is 8.40. The first-order valence-corrected chi connectivity index (χ1v) is 13.4. The third kappa shape index (κ3) is 6.07. The van der Waals surface area contributed by atoms with Crippen LogP contribution < -0.4 is 10.6 Å². The molecule has 0 aliphatic carbocycles. The number of aliphatic hydroxyl groups excluding tert-OH is 1. The number of phosphoric ester groups is 1. The molecule has 2 heterocycles. The van der Waals surface area contributed by atoms with E-state index in [0.717, 1.165) is 11.6 Å². The molecule has 212 valence electrons. The molecule has 0 spiro atoms. The molecule has 0 bridgehead atoms. The minimum atomic E-state index is -4.97. The predicted octanol–water partition coefficient (Wildman–Crippen LogP) is 2.63. The van der Waals surface area contributed by atoms with Gasteiger partial charge in [0.25, 0.3) is 5.91 Å². The van der Waals surface area contributed by atoms with Gasteiger partial charge in [-0.15, -0.1) is 0 Å². The molecule has 6 N–H and O–H groups in total. The number of benzene rings is 2. The molecule has 0 radical (unpaired) electrons. The SMILES string of the molecule is Cc1c(Cl)ccc2c(C=C3NC(=O)N(C(C(=O)NC(CO)COP(=O)(O)O)c4ccc(F)c(F)c4)C3=O)c[nH]c12. The number of imide groups is 1. The lowest BCUT2D eigenvalue weighted by Crippen LogP contribution is -2.49. The highest BCUT2D eigenvalue weighted by Gasteiger charge is 2.43. The molecule has 2 unspecified atom stereocenters. The standard InChI is InChI=1S/C24H22ClF2N4O8P/c1-11-16(25)4-3-15-13(8-28-20(11)15)7-19-23(34)31(24(35)30-19)21(12-2-5-17(26)18(27)6-12)22(33)29-14(9-32)10-39-40(36,37)38/h2-8,14,21,28,32H,9-10H2,1H3,(H,29,33)(H,30,35)(H2,36,37,38). The maximum Gasteiger partial charge on any atom is 0.469 e. The Hall–Kier alpha value is -3.65. The van der Waals surface area contributed by atoms with Crippen molar-refractivity contribution < 1.29 is 47.1 Å². The summed E-state index contributed by atoms with van der Waals surface area (Å²) in [6.07, 6.45) is 2.94. The van der Waals surface area contributed by atoms with Gasteiger partial charge in [-0.2, -0.15) is 0 Å². The minimum absolute atomic E-state index is 0.234. The van der Waals surface area contributed by atoms with Gasteiger partial charge in [0.2, 0.25) is 5.91 Å². The minimum Gasteiger partial charge on any atom is -0.394 e. The van der Waals surface area contributed by atoms with E-state index in [0.29, 0.717) is 38.5 Å². The Labute approximate surface area is 229 Å². The zero-order valence-electron chi connectivity index (χ0n) is 20.5. The smallest absolute Gasteiger partial charge is 0.394 e. The van der Waals surface area contributed by atoms with E-state index in [4.69, 9.17) is 21.4 Å². The molecule has 16 heteroatoms. The van der Waals surface area contributed by atoms with Crippen LogP contribution in [0.2, 0.25) is 5.02 Å². The normalized spacial score (nSPS) is 16.5. The van der Waals surface area contributed by atoms with Crippen molar-refractivity contribution in [2.75, 3.05) is 13.2 Å². The monoisotopic (exact) mass is 598 g/mol. The van der Waals surface area contributed by atoms with Crippen molar-refractivity contribution in [3.05, 3.63) is 75.6 Å². The van der Waals surface area contributed by atoms with Crippen LogP contribution in [0, 0.1) is 18.6 Å². The number of carbonyl (C=O) groups is 3. The van der Waals surface area contributed by atoms with Crippen LogP contribution in [0.4, 0.5) is 13.6 Å². The number of fused-ring (bicyclic) bond motifs is 1. The Morgan fingerprint density at radius 3 is 2.60 bits per heavy atom. The zero-order chi connectivity index (χ0) is 29.4. The van der Waals surface area contributed by atoms with E-state index in [-0.39, 0.29) is 11.3 Å². The summed E-state index contributed by atoms with van der Waals surface area (Å²) >= 11 is 6.16. The highest BCUT2D eigenvalue weighted by molar-refractivity contribution is 7.46. The second-order valence-corrected chi connectivity index (χ2v) is 10.4. The third-order valence-corrected chi connectivity index (χ3v) is 6.96. The molecule has 2 aromatic carbocycles. The van der Waals surface area contributed by atoms with Gasteiger partial charge in [0, 0.05) is 22.2 Å². The van der Waals surface area contributed by atoms with Crippen LogP contribution in [0.15, 0.2) is 42.2 Å². The third-order valence-electron chi connectivity index (χ3n) is 6.07. The lowest BCUT2D eigenvalue weighted by Gasteiger charge is -2.27. The summed E-state index contributed by atoms with van der Waals surface area (Å²) in [6.45, 7) is 0.0930.